The molecule has 0 aliphatic carbocycles. The van der Waals surface area contributed by atoms with Crippen LogP contribution in [-0.4, -0.2) is 9.91 Å². The van der Waals surface area contributed by atoms with Gasteiger partial charge in [-0.2, -0.15) is 0 Å². The molecule has 1 aromatic heterocycles. The predicted octanol–water partition coefficient (Wildman–Crippen LogP) is 1.73. The lowest BCUT2D eigenvalue weighted by atomic mass is 10.4. The summed E-state index contributed by atoms with van der Waals surface area (Å²) in [5.41, 5.74) is 0. The van der Waals surface area contributed by atoms with Gasteiger partial charge in [0, 0.05) is 0 Å². The van der Waals surface area contributed by atoms with Crippen molar-refractivity contribution in [2.45, 2.75) is 0 Å². The van der Waals surface area contributed by atoms with E-state index in [1.54, 1.807) is 22.6 Å². The SMILES string of the molecule is O=[N+]([O-])c1ncc(F)cc1I. The van der Waals surface area contributed by atoms with E-state index in [2.05, 4.69) is 4.98 Å². The van der Waals surface area contributed by atoms with Crippen LogP contribution in [0.15, 0.2) is 12.3 Å². The van der Waals surface area contributed by atoms with Gasteiger partial charge in [0.15, 0.2) is 12.0 Å². The molecule has 0 atom stereocenters. The molecule has 6 heteroatoms. The van der Waals surface area contributed by atoms with Crippen molar-refractivity contribution in [1.29, 1.82) is 0 Å². The monoisotopic (exact) mass is 268 g/mol. The third-order valence-electron chi connectivity index (χ3n) is 0.961. The Bertz CT molecular complexity index is 305. The second-order valence-electron chi connectivity index (χ2n) is 1.72. The van der Waals surface area contributed by atoms with Crippen molar-refractivity contribution in [2.24, 2.45) is 0 Å². The Kier molecular flexibility index (Phi) is 2.32. The molecule has 4 nitrogen and oxygen atoms in total. The van der Waals surface area contributed by atoms with Crippen LogP contribution in [0.2, 0.25) is 0 Å². The minimum absolute atomic E-state index is 0.201. The van der Waals surface area contributed by atoms with Crippen molar-refractivity contribution in [3.63, 3.8) is 0 Å². The second kappa shape index (κ2) is 3.07. The molecule has 0 aliphatic rings. The Morgan fingerprint density at radius 2 is 2.36 bits per heavy atom. The molecule has 0 aliphatic heterocycles. The van der Waals surface area contributed by atoms with Gasteiger partial charge in [-0.1, -0.05) is 0 Å². The van der Waals surface area contributed by atoms with E-state index in [1.165, 1.54) is 0 Å². The maximum atomic E-state index is 12.3. The quantitative estimate of drug-likeness (QED) is 0.442. The van der Waals surface area contributed by atoms with Gasteiger partial charge < -0.3 is 10.1 Å². The number of nitrogens with zero attached hydrogens (tertiary/aromatic N) is 2. The van der Waals surface area contributed by atoms with Crippen LogP contribution < -0.4 is 0 Å². The van der Waals surface area contributed by atoms with Gasteiger partial charge in [-0.25, -0.2) is 4.39 Å². The molecular weight excluding hydrogens is 266 g/mol. The lowest BCUT2D eigenvalue weighted by Gasteiger charge is -1.92. The third kappa shape index (κ3) is 1.82. The zero-order valence-electron chi connectivity index (χ0n) is 5.12. The number of rotatable bonds is 1. The van der Waals surface area contributed by atoms with Gasteiger partial charge in [-0.3, -0.25) is 0 Å². The fourth-order valence-corrected chi connectivity index (χ4v) is 1.18. The summed E-state index contributed by atoms with van der Waals surface area (Å²) in [5, 5.41) is 10.1. The topological polar surface area (TPSA) is 56.0 Å². The first kappa shape index (κ1) is 8.31. The van der Waals surface area contributed by atoms with E-state index in [-0.39, 0.29) is 9.39 Å². The highest BCUT2D eigenvalue weighted by Gasteiger charge is 2.13. The molecule has 0 radical (unpaired) electrons. The first-order valence-electron chi connectivity index (χ1n) is 2.56. The zero-order valence-corrected chi connectivity index (χ0v) is 7.28. The Hall–Kier alpha value is -0.790. The highest BCUT2D eigenvalue weighted by molar-refractivity contribution is 14.1. The summed E-state index contributed by atoms with van der Waals surface area (Å²) in [7, 11) is 0. The first-order valence-corrected chi connectivity index (χ1v) is 3.64. The summed E-state index contributed by atoms with van der Waals surface area (Å²) in [6.45, 7) is 0. The molecule has 0 unspecified atom stereocenters. The average Bonchev–Trinajstić information content (AvgIpc) is 1.85. The van der Waals surface area contributed by atoms with Gasteiger partial charge in [-0.15, -0.1) is 0 Å². The Morgan fingerprint density at radius 1 is 1.73 bits per heavy atom. The maximum Gasteiger partial charge on any atom is 0.377 e. The van der Waals surface area contributed by atoms with Crippen molar-refractivity contribution in [3.05, 3.63) is 31.8 Å². The van der Waals surface area contributed by atoms with Crippen LogP contribution in [0.1, 0.15) is 0 Å². The Morgan fingerprint density at radius 3 is 2.82 bits per heavy atom. The number of pyridine rings is 1. The smallest absolute Gasteiger partial charge is 0.358 e. The van der Waals surface area contributed by atoms with Gasteiger partial charge >= 0.3 is 5.82 Å². The predicted molar refractivity (Wildman–Crippen MR) is 43.6 cm³/mol. The van der Waals surface area contributed by atoms with Crippen LogP contribution in [-0.2, 0) is 0 Å². The van der Waals surface area contributed by atoms with Crippen LogP contribution in [0.5, 0.6) is 0 Å². The zero-order chi connectivity index (χ0) is 8.43. The molecule has 0 saturated heterocycles. The van der Waals surface area contributed by atoms with E-state index in [0.717, 1.165) is 12.3 Å². The Labute approximate surface area is 74.7 Å². The molecule has 0 spiro atoms. The fourth-order valence-electron chi connectivity index (χ4n) is 0.542. The van der Waals surface area contributed by atoms with E-state index in [1.807, 2.05) is 0 Å². The van der Waals surface area contributed by atoms with E-state index in [9.17, 15) is 14.5 Å². The van der Waals surface area contributed by atoms with Crippen molar-refractivity contribution >= 4 is 28.4 Å². The highest BCUT2D eigenvalue weighted by Crippen LogP contribution is 2.17. The van der Waals surface area contributed by atoms with Gasteiger partial charge in [0.1, 0.15) is 3.57 Å². The van der Waals surface area contributed by atoms with Crippen LogP contribution >= 0.6 is 22.6 Å². The summed E-state index contributed by atoms with van der Waals surface area (Å²) in [4.78, 5) is 12.8. The molecule has 0 N–H and O–H groups in total. The van der Waals surface area contributed by atoms with Gasteiger partial charge in [0.2, 0.25) is 0 Å². The van der Waals surface area contributed by atoms with Crippen molar-refractivity contribution in [2.75, 3.05) is 0 Å². The van der Waals surface area contributed by atoms with Crippen molar-refractivity contribution < 1.29 is 9.31 Å². The standard InChI is InChI=1S/C5H2FIN2O2/c6-3-1-4(7)5(8-2-3)9(10)11/h1-2H. The lowest BCUT2D eigenvalue weighted by molar-refractivity contribution is -0.390. The van der Waals surface area contributed by atoms with Crippen LogP contribution in [0.4, 0.5) is 10.2 Å². The van der Waals surface area contributed by atoms with Crippen molar-refractivity contribution in [1.82, 2.24) is 4.98 Å². The number of hydrogen-bond acceptors (Lipinski definition) is 3. The molecule has 0 bridgehead atoms. The second-order valence-corrected chi connectivity index (χ2v) is 2.88. The molecule has 0 fully saturated rings. The molecule has 0 saturated carbocycles. The maximum absolute atomic E-state index is 12.3. The molecule has 0 aromatic carbocycles. The Balaban J connectivity index is 3.20. The molecule has 1 heterocycles. The molecule has 58 valence electrons. The number of nitro groups is 1. The van der Waals surface area contributed by atoms with Gasteiger partial charge in [0.05, 0.1) is 0 Å². The van der Waals surface area contributed by atoms with Crippen molar-refractivity contribution in [3.8, 4) is 0 Å². The van der Waals surface area contributed by atoms with E-state index >= 15 is 0 Å². The molecule has 1 aromatic rings. The summed E-state index contributed by atoms with van der Waals surface area (Å²) in [5.74, 6) is -0.882. The number of halogens is 2. The number of hydrogen-bond donors (Lipinski definition) is 0. The normalized spacial score (nSPS) is 9.64. The summed E-state index contributed by atoms with van der Waals surface area (Å²) in [6.07, 6.45) is 0.820. The molecule has 1 rings (SSSR count). The summed E-state index contributed by atoms with van der Waals surface area (Å²) in [6, 6.07) is 1.06. The summed E-state index contributed by atoms with van der Waals surface area (Å²) >= 11 is 1.66. The molecule has 11 heavy (non-hydrogen) atoms. The molecular formula is C5H2FIN2O2. The van der Waals surface area contributed by atoms with Crippen LogP contribution in [0.25, 0.3) is 0 Å². The van der Waals surface area contributed by atoms with E-state index in [4.69, 9.17) is 0 Å². The third-order valence-corrected chi connectivity index (χ3v) is 1.76. The number of aromatic nitrogens is 1. The van der Waals surface area contributed by atoms with E-state index < -0.39 is 10.7 Å². The lowest BCUT2D eigenvalue weighted by Crippen LogP contribution is -1.95. The molecule has 0 amide bonds. The average molecular weight is 268 g/mol. The van der Waals surface area contributed by atoms with Crippen LogP contribution in [0, 0.1) is 19.5 Å². The van der Waals surface area contributed by atoms with E-state index in [0.29, 0.717) is 0 Å². The minimum Gasteiger partial charge on any atom is -0.358 e. The fraction of sp³-hybridized carbons (Fsp3) is 0. The van der Waals surface area contributed by atoms with Crippen LogP contribution in [0.3, 0.4) is 0 Å². The van der Waals surface area contributed by atoms with Gasteiger partial charge in [-0.05, 0) is 38.6 Å². The van der Waals surface area contributed by atoms with Gasteiger partial charge in [0.25, 0.3) is 0 Å². The minimum atomic E-state index is -0.652. The first-order chi connectivity index (χ1) is 5.11. The largest absolute Gasteiger partial charge is 0.377 e. The highest BCUT2D eigenvalue weighted by atomic mass is 127. The summed E-state index contributed by atoms with van der Waals surface area (Å²) < 4.78 is 12.5.